The molecule has 0 aliphatic carbocycles. The molecule has 1 rings (SSSR count). The Labute approximate surface area is 142 Å². The Kier molecular flexibility index (Phi) is 9.52. The van der Waals surface area contributed by atoms with Crippen molar-refractivity contribution in [3.8, 4) is 11.5 Å². The molecule has 0 heterocycles. The topological polar surface area (TPSA) is 50.7 Å². The van der Waals surface area contributed by atoms with E-state index in [1.54, 1.807) is 0 Å². The van der Waals surface area contributed by atoms with Gasteiger partial charge in [0.25, 0.3) is 0 Å². The average molecular weight is 374 g/mol. The number of hydrogen-bond donors (Lipinski definition) is 2. The fourth-order valence-electron chi connectivity index (χ4n) is 2.01. The number of rotatable bonds is 11. The molecular formula is C17H28BrNO3. The van der Waals surface area contributed by atoms with E-state index in [-0.39, 0.29) is 12.6 Å². The summed E-state index contributed by atoms with van der Waals surface area (Å²) in [5.41, 5.74) is 1.10. The number of halogens is 1. The number of nitrogens with one attached hydrogen (secondary N) is 1. The summed E-state index contributed by atoms with van der Waals surface area (Å²) < 4.78 is 12.5. The van der Waals surface area contributed by atoms with Crippen LogP contribution in [-0.4, -0.2) is 31.0 Å². The zero-order valence-electron chi connectivity index (χ0n) is 13.8. The lowest BCUT2D eigenvalue weighted by Crippen LogP contribution is -2.31. The molecule has 0 radical (unpaired) electrons. The molecule has 1 aromatic carbocycles. The standard InChI is InChI=1S/C17H28BrNO3/c1-4-7-8-22-17-10-15(18)13(9-16(17)21-6-3)11-19-14(5-2)12-20/h9-10,14,19-20H,4-8,11-12H2,1-3H3/t14-/m1/s1. The van der Waals surface area contributed by atoms with E-state index in [9.17, 15) is 5.11 Å². The van der Waals surface area contributed by atoms with E-state index in [0.29, 0.717) is 19.8 Å². The summed E-state index contributed by atoms with van der Waals surface area (Å²) in [5.74, 6) is 1.55. The van der Waals surface area contributed by atoms with Crippen LogP contribution in [0.3, 0.4) is 0 Å². The van der Waals surface area contributed by atoms with Gasteiger partial charge in [0.2, 0.25) is 0 Å². The first kappa shape index (κ1) is 19.3. The summed E-state index contributed by atoms with van der Waals surface area (Å²) in [4.78, 5) is 0. The first-order valence-electron chi connectivity index (χ1n) is 8.08. The van der Waals surface area contributed by atoms with Crippen LogP contribution in [0.25, 0.3) is 0 Å². The fourth-order valence-corrected chi connectivity index (χ4v) is 2.48. The van der Waals surface area contributed by atoms with E-state index < -0.39 is 0 Å². The molecular weight excluding hydrogens is 346 g/mol. The highest BCUT2D eigenvalue weighted by Gasteiger charge is 2.12. The van der Waals surface area contributed by atoms with Gasteiger partial charge in [-0.15, -0.1) is 0 Å². The van der Waals surface area contributed by atoms with Crippen LogP contribution >= 0.6 is 15.9 Å². The predicted molar refractivity (Wildman–Crippen MR) is 93.7 cm³/mol. The SMILES string of the molecule is CCCCOc1cc(Br)c(CN[C@H](CC)CO)cc1OCC. The first-order valence-corrected chi connectivity index (χ1v) is 8.87. The molecule has 0 saturated heterocycles. The van der Waals surface area contributed by atoms with E-state index in [2.05, 4.69) is 35.1 Å². The van der Waals surface area contributed by atoms with Gasteiger partial charge < -0.3 is 19.9 Å². The molecule has 5 heteroatoms. The molecule has 1 aromatic rings. The summed E-state index contributed by atoms with van der Waals surface area (Å²) in [7, 11) is 0. The number of benzene rings is 1. The number of ether oxygens (including phenoxy) is 2. The lowest BCUT2D eigenvalue weighted by molar-refractivity contribution is 0.238. The highest BCUT2D eigenvalue weighted by molar-refractivity contribution is 9.10. The van der Waals surface area contributed by atoms with E-state index in [1.165, 1.54) is 0 Å². The molecule has 4 nitrogen and oxygen atoms in total. The largest absolute Gasteiger partial charge is 0.490 e. The maximum Gasteiger partial charge on any atom is 0.162 e. The quantitative estimate of drug-likeness (QED) is 0.577. The van der Waals surface area contributed by atoms with Crippen molar-refractivity contribution in [1.29, 1.82) is 0 Å². The number of aliphatic hydroxyl groups is 1. The monoisotopic (exact) mass is 373 g/mol. The third-order valence-corrected chi connectivity index (χ3v) is 4.20. The molecule has 0 aliphatic rings. The van der Waals surface area contributed by atoms with Crippen LogP contribution in [0, 0.1) is 0 Å². The summed E-state index contributed by atoms with van der Waals surface area (Å²) in [6.45, 7) is 8.28. The summed E-state index contributed by atoms with van der Waals surface area (Å²) >= 11 is 3.60. The zero-order chi connectivity index (χ0) is 16.4. The minimum absolute atomic E-state index is 0.114. The Morgan fingerprint density at radius 1 is 1.18 bits per heavy atom. The molecule has 22 heavy (non-hydrogen) atoms. The van der Waals surface area contributed by atoms with E-state index in [1.807, 2.05) is 19.1 Å². The number of hydrogen-bond acceptors (Lipinski definition) is 4. The first-order chi connectivity index (χ1) is 10.7. The van der Waals surface area contributed by atoms with Crippen molar-refractivity contribution in [1.82, 2.24) is 5.32 Å². The Bertz CT molecular complexity index is 436. The van der Waals surface area contributed by atoms with Gasteiger partial charge in [-0.1, -0.05) is 36.2 Å². The third-order valence-electron chi connectivity index (χ3n) is 3.46. The minimum atomic E-state index is 0.114. The van der Waals surface area contributed by atoms with Crippen LogP contribution in [0.4, 0.5) is 0 Å². The molecule has 0 amide bonds. The van der Waals surface area contributed by atoms with Gasteiger partial charge in [-0.2, -0.15) is 0 Å². The smallest absolute Gasteiger partial charge is 0.162 e. The highest BCUT2D eigenvalue weighted by Crippen LogP contribution is 2.34. The Balaban J connectivity index is 2.83. The van der Waals surface area contributed by atoms with Gasteiger partial charge in [-0.25, -0.2) is 0 Å². The lowest BCUT2D eigenvalue weighted by atomic mass is 10.1. The van der Waals surface area contributed by atoms with Crippen LogP contribution < -0.4 is 14.8 Å². The summed E-state index contributed by atoms with van der Waals surface area (Å²) in [6.07, 6.45) is 3.03. The van der Waals surface area contributed by atoms with Crippen LogP contribution in [0.5, 0.6) is 11.5 Å². The number of unbranched alkanes of at least 4 members (excludes halogenated alkanes) is 1. The minimum Gasteiger partial charge on any atom is -0.490 e. The van der Waals surface area contributed by atoms with Gasteiger partial charge in [0.1, 0.15) is 0 Å². The molecule has 1 atom stereocenters. The van der Waals surface area contributed by atoms with Gasteiger partial charge in [-0.3, -0.25) is 0 Å². The molecule has 0 saturated carbocycles. The average Bonchev–Trinajstić information content (AvgIpc) is 2.52. The van der Waals surface area contributed by atoms with Crippen molar-refractivity contribution in [2.24, 2.45) is 0 Å². The van der Waals surface area contributed by atoms with Crippen molar-refractivity contribution >= 4 is 15.9 Å². The van der Waals surface area contributed by atoms with Crippen molar-refractivity contribution in [3.05, 3.63) is 22.2 Å². The van der Waals surface area contributed by atoms with E-state index >= 15 is 0 Å². The van der Waals surface area contributed by atoms with Gasteiger partial charge in [-0.05, 0) is 37.5 Å². The highest BCUT2D eigenvalue weighted by atomic mass is 79.9. The molecule has 0 unspecified atom stereocenters. The lowest BCUT2D eigenvalue weighted by Gasteiger charge is -2.17. The molecule has 0 aliphatic heterocycles. The van der Waals surface area contributed by atoms with Crippen LogP contribution in [-0.2, 0) is 6.54 Å². The summed E-state index contributed by atoms with van der Waals surface area (Å²) in [6, 6.07) is 4.09. The maximum absolute atomic E-state index is 9.26. The Morgan fingerprint density at radius 2 is 1.91 bits per heavy atom. The number of aliphatic hydroxyl groups excluding tert-OH is 1. The van der Waals surface area contributed by atoms with Gasteiger partial charge in [0.05, 0.1) is 19.8 Å². The second kappa shape index (κ2) is 10.9. The maximum atomic E-state index is 9.26. The summed E-state index contributed by atoms with van der Waals surface area (Å²) in [5, 5.41) is 12.6. The van der Waals surface area contributed by atoms with Crippen molar-refractivity contribution in [2.45, 2.75) is 52.6 Å². The normalized spacial score (nSPS) is 12.2. The molecule has 2 N–H and O–H groups in total. The van der Waals surface area contributed by atoms with Gasteiger partial charge in [0, 0.05) is 17.1 Å². The molecule has 0 bridgehead atoms. The second-order valence-electron chi connectivity index (χ2n) is 5.19. The Hall–Kier alpha value is -0.780. The van der Waals surface area contributed by atoms with Crippen molar-refractivity contribution in [2.75, 3.05) is 19.8 Å². The van der Waals surface area contributed by atoms with Crippen molar-refractivity contribution in [3.63, 3.8) is 0 Å². The van der Waals surface area contributed by atoms with Gasteiger partial charge >= 0.3 is 0 Å². The zero-order valence-corrected chi connectivity index (χ0v) is 15.4. The van der Waals surface area contributed by atoms with Gasteiger partial charge in [0.15, 0.2) is 11.5 Å². The molecule has 0 aromatic heterocycles. The molecule has 0 fully saturated rings. The Morgan fingerprint density at radius 3 is 2.50 bits per heavy atom. The fraction of sp³-hybridized carbons (Fsp3) is 0.647. The van der Waals surface area contributed by atoms with Crippen LogP contribution in [0.15, 0.2) is 16.6 Å². The molecule has 126 valence electrons. The molecule has 0 spiro atoms. The third kappa shape index (κ3) is 6.15. The predicted octanol–water partition coefficient (Wildman–Crippen LogP) is 3.89. The van der Waals surface area contributed by atoms with Crippen LogP contribution in [0.1, 0.15) is 45.6 Å². The second-order valence-corrected chi connectivity index (χ2v) is 6.05. The van der Waals surface area contributed by atoms with Crippen LogP contribution in [0.2, 0.25) is 0 Å². The van der Waals surface area contributed by atoms with E-state index in [0.717, 1.165) is 40.8 Å². The van der Waals surface area contributed by atoms with E-state index in [4.69, 9.17) is 9.47 Å². The van der Waals surface area contributed by atoms with Crippen molar-refractivity contribution < 1.29 is 14.6 Å².